The molecule has 2 heterocycles. The van der Waals surface area contributed by atoms with Crippen molar-refractivity contribution in [3.8, 4) is 11.5 Å². The molecule has 1 fully saturated rings. The van der Waals surface area contributed by atoms with Crippen LogP contribution in [0.1, 0.15) is 11.1 Å². The maximum atomic E-state index is 12.7. The van der Waals surface area contributed by atoms with Gasteiger partial charge in [0, 0.05) is 45.0 Å². The molecule has 33 heavy (non-hydrogen) atoms. The Kier molecular flexibility index (Phi) is 6.44. The normalized spacial score (nSPS) is 18.1. The minimum absolute atomic E-state index is 0.157. The first-order chi connectivity index (χ1) is 16.3. The SMILES string of the molecule is O=C(NCc1ccccc1CN1CCN(c2ccccc2)CC1)C1COc2ccccc2O1. The number of para-hydroxylation sites is 3. The van der Waals surface area contributed by atoms with Crippen molar-refractivity contribution in [2.45, 2.75) is 19.2 Å². The number of nitrogens with one attached hydrogen (secondary N) is 1. The van der Waals surface area contributed by atoms with E-state index in [1.54, 1.807) is 0 Å². The van der Waals surface area contributed by atoms with Gasteiger partial charge in [-0.1, -0.05) is 54.6 Å². The predicted octanol–water partition coefficient (Wildman–Crippen LogP) is 3.47. The molecule has 0 spiro atoms. The summed E-state index contributed by atoms with van der Waals surface area (Å²) in [6.45, 7) is 5.64. The van der Waals surface area contributed by atoms with Crippen LogP contribution in [0.2, 0.25) is 0 Å². The Morgan fingerprint density at radius 2 is 1.48 bits per heavy atom. The fourth-order valence-corrected chi connectivity index (χ4v) is 4.37. The standard InChI is InChI=1S/C27H29N3O3/c31-27(26-20-32-24-12-6-7-13-25(24)33-26)28-18-21-8-4-5-9-22(21)19-29-14-16-30(17-15-29)23-10-2-1-3-11-23/h1-13,26H,14-20H2,(H,28,31). The quantitative estimate of drug-likeness (QED) is 0.632. The lowest BCUT2D eigenvalue weighted by Gasteiger charge is -2.36. The van der Waals surface area contributed by atoms with Gasteiger partial charge < -0.3 is 19.7 Å². The second-order valence-corrected chi connectivity index (χ2v) is 8.45. The number of carbonyl (C=O) groups is 1. The number of ether oxygens (including phenoxy) is 2. The zero-order valence-electron chi connectivity index (χ0n) is 18.7. The Hall–Kier alpha value is -3.51. The topological polar surface area (TPSA) is 54.0 Å². The van der Waals surface area contributed by atoms with Gasteiger partial charge in [0.25, 0.3) is 5.91 Å². The number of hydrogen-bond acceptors (Lipinski definition) is 5. The molecule has 2 aliphatic heterocycles. The van der Waals surface area contributed by atoms with Crippen molar-refractivity contribution in [1.29, 1.82) is 0 Å². The molecule has 1 atom stereocenters. The van der Waals surface area contributed by atoms with E-state index in [2.05, 4.69) is 63.6 Å². The third kappa shape index (κ3) is 5.12. The van der Waals surface area contributed by atoms with Gasteiger partial charge in [-0.3, -0.25) is 9.69 Å². The molecule has 2 aliphatic rings. The van der Waals surface area contributed by atoms with Crippen molar-refractivity contribution in [3.05, 3.63) is 90.0 Å². The lowest BCUT2D eigenvalue weighted by Crippen LogP contribution is -2.46. The van der Waals surface area contributed by atoms with E-state index in [0.717, 1.165) is 38.3 Å². The van der Waals surface area contributed by atoms with Crippen LogP contribution in [0.25, 0.3) is 0 Å². The summed E-state index contributed by atoms with van der Waals surface area (Å²) in [4.78, 5) is 17.6. The molecule has 1 unspecified atom stereocenters. The van der Waals surface area contributed by atoms with E-state index in [1.165, 1.54) is 11.3 Å². The zero-order chi connectivity index (χ0) is 22.5. The first-order valence-electron chi connectivity index (χ1n) is 11.5. The van der Waals surface area contributed by atoms with Crippen LogP contribution in [0, 0.1) is 0 Å². The van der Waals surface area contributed by atoms with Gasteiger partial charge in [-0.05, 0) is 35.4 Å². The van der Waals surface area contributed by atoms with Gasteiger partial charge in [0.2, 0.25) is 6.10 Å². The molecule has 6 heteroatoms. The van der Waals surface area contributed by atoms with Gasteiger partial charge in [-0.2, -0.15) is 0 Å². The molecule has 1 N–H and O–H groups in total. The second-order valence-electron chi connectivity index (χ2n) is 8.45. The summed E-state index contributed by atoms with van der Waals surface area (Å²) in [6, 6.07) is 26.4. The van der Waals surface area contributed by atoms with Crippen molar-refractivity contribution in [2.24, 2.45) is 0 Å². The Morgan fingerprint density at radius 1 is 0.818 bits per heavy atom. The van der Waals surface area contributed by atoms with Gasteiger partial charge in [-0.15, -0.1) is 0 Å². The van der Waals surface area contributed by atoms with Crippen LogP contribution in [0.15, 0.2) is 78.9 Å². The third-order valence-electron chi connectivity index (χ3n) is 6.26. The molecule has 3 aromatic rings. The number of nitrogens with zero attached hydrogens (tertiary/aromatic N) is 2. The number of rotatable bonds is 6. The van der Waals surface area contributed by atoms with Crippen LogP contribution >= 0.6 is 0 Å². The number of hydrogen-bond donors (Lipinski definition) is 1. The Bertz CT molecular complexity index is 1080. The van der Waals surface area contributed by atoms with Crippen molar-refractivity contribution in [2.75, 3.05) is 37.7 Å². The molecular weight excluding hydrogens is 414 g/mol. The number of amides is 1. The molecule has 0 aromatic heterocycles. The minimum Gasteiger partial charge on any atom is -0.485 e. The lowest BCUT2D eigenvalue weighted by atomic mass is 10.1. The Labute approximate surface area is 194 Å². The van der Waals surface area contributed by atoms with Crippen LogP contribution in [-0.2, 0) is 17.9 Å². The number of anilines is 1. The van der Waals surface area contributed by atoms with Crippen molar-refractivity contribution in [3.63, 3.8) is 0 Å². The summed E-state index contributed by atoms with van der Waals surface area (Å²) in [6.07, 6.45) is -0.641. The summed E-state index contributed by atoms with van der Waals surface area (Å²) in [5.74, 6) is 1.13. The van der Waals surface area contributed by atoms with E-state index in [9.17, 15) is 4.79 Å². The van der Waals surface area contributed by atoms with E-state index in [0.29, 0.717) is 18.0 Å². The molecule has 170 valence electrons. The maximum Gasteiger partial charge on any atom is 0.264 e. The van der Waals surface area contributed by atoms with E-state index in [4.69, 9.17) is 9.47 Å². The molecule has 0 radical (unpaired) electrons. The number of piperazine rings is 1. The summed E-state index contributed by atoms with van der Waals surface area (Å²) in [5, 5.41) is 3.03. The Balaban J connectivity index is 1.15. The highest BCUT2D eigenvalue weighted by Crippen LogP contribution is 2.30. The number of carbonyl (C=O) groups excluding carboxylic acids is 1. The third-order valence-corrected chi connectivity index (χ3v) is 6.26. The molecule has 3 aromatic carbocycles. The number of fused-ring (bicyclic) bond motifs is 1. The first kappa shape index (κ1) is 21.3. The summed E-state index contributed by atoms with van der Waals surface area (Å²) in [5.41, 5.74) is 3.67. The highest BCUT2D eigenvalue weighted by molar-refractivity contribution is 5.81. The van der Waals surface area contributed by atoms with Gasteiger partial charge in [-0.25, -0.2) is 0 Å². The van der Waals surface area contributed by atoms with E-state index in [-0.39, 0.29) is 12.5 Å². The van der Waals surface area contributed by atoms with Crippen LogP contribution in [0.5, 0.6) is 11.5 Å². The molecule has 1 saturated heterocycles. The van der Waals surface area contributed by atoms with Crippen molar-refractivity contribution < 1.29 is 14.3 Å². The molecule has 0 saturated carbocycles. The number of benzene rings is 3. The molecule has 1 amide bonds. The lowest BCUT2D eigenvalue weighted by molar-refractivity contribution is -0.130. The second kappa shape index (κ2) is 9.96. The summed E-state index contributed by atoms with van der Waals surface area (Å²) >= 11 is 0. The van der Waals surface area contributed by atoms with E-state index < -0.39 is 6.10 Å². The summed E-state index contributed by atoms with van der Waals surface area (Å²) < 4.78 is 11.5. The first-order valence-corrected chi connectivity index (χ1v) is 11.5. The molecule has 6 nitrogen and oxygen atoms in total. The molecular formula is C27H29N3O3. The van der Waals surface area contributed by atoms with Crippen LogP contribution in [-0.4, -0.2) is 49.7 Å². The zero-order valence-corrected chi connectivity index (χ0v) is 18.7. The fraction of sp³-hybridized carbons (Fsp3) is 0.296. The summed E-state index contributed by atoms with van der Waals surface area (Å²) in [7, 11) is 0. The highest BCUT2D eigenvalue weighted by Gasteiger charge is 2.27. The maximum absolute atomic E-state index is 12.7. The molecule has 5 rings (SSSR count). The van der Waals surface area contributed by atoms with E-state index in [1.807, 2.05) is 30.3 Å². The predicted molar refractivity (Wildman–Crippen MR) is 129 cm³/mol. The van der Waals surface area contributed by atoms with Crippen LogP contribution in [0.3, 0.4) is 0 Å². The smallest absolute Gasteiger partial charge is 0.264 e. The minimum atomic E-state index is -0.641. The van der Waals surface area contributed by atoms with Crippen LogP contribution in [0.4, 0.5) is 5.69 Å². The highest BCUT2D eigenvalue weighted by atomic mass is 16.6. The van der Waals surface area contributed by atoms with Crippen molar-refractivity contribution in [1.82, 2.24) is 10.2 Å². The monoisotopic (exact) mass is 443 g/mol. The van der Waals surface area contributed by atoms with E-state index >= 15 is 0 Å². The largest absolute Gasteiger partial charge is 0.485 e. The van der Waals surface area contributed by atoms with Gasteiger partial charge >= 0.3 is 0 Å². The average molecular weight is 444 g/mol. The van der Waals surface area contributed by atoms with Crippen molar-refractivity contribution >= 4 is 11.6 Å². The van der Waals surface area contributed by atoms with Gasteiger partial charge in [0.1, 0.15) is 6.61 Å². The van der Waals surface area contributed by atoms with Crippen LogP contribution < -0.4 is 19.7 Å². The average Bonchev–Trinajstić information content (AvgIpc) is 2.88. The Morgan fingerprint density at radius 3 is 2.27 bits per heavy atom. The van der Waals surface area contributed by atoms with Gasteiger partial charge in [0.05, 0.1) is 0 Å². The molecule has 0 aliphatic carbocycles. The van der Waals surface area contributed by atoms with Gasteiger partial charge in [0.15, 0.2) is 11.5 Å². The fourth-order valence-electron chi connectivity index (χ4n) is 4.37. The molecule has 0 bridgehead atoms.